The second-order valence-corrected chi connectivity index (χ2v) is 13.8. The molecule has 0 saturated carbocycles. The first-order valence-corrected chi connectivity index (χ1v) is 15.4. The maximum Gasteiger partial charge on any atom is 0.410 e. The number of aliphatic hydroxyl groups is 1. The maximum absolute atomic E-state index is 12.8. The first-order valence-electron chi connectivity index (χ1n) is 15.4. The summed E-state index contributed by atoms with van der Waals surface area (Å²) in [5, 5.41) is 11.1. The minimum absolute atomic E-state index is 0.195. The van der Waals surface area contributed by atoms with Gasteiger partial charge in [-0.25, -0.2) is 4.79 Å². The smallest absolute Gasteiger partial charge is 0.410 e. The van der Waals surface area contributed by atoms with E-state index in [2.05, 4.69) is 28.9 Å². The highest BCUT2D eigenvalue weighted by Crippen LogP contribution is 2.41. The molecule has 3 aliphatic heterocycles. The van der Waals surface area contributed by atoms with Crippen molar-refractivity contribution in [3.8, 4) is 11.5 Å². The molecule has 0 aromatic heterocycles. The van der Waals surface area contributed by atoms with E-state index in [1.54, 1.807) is 26.0 Å². The zero-order valence-electron chi connectivity index (χ0n) is 26.4. The van der Waals surface area contributed by atoms with Crippen LogP contribution in [0.15, 0.2) is 18.2 Å². The molecule has 3 aliphatic rings. The Morgan fingerprint density at radius 2 is 1.80 bits per heavy atom. The minimum Gasteiger partial charge on any atom is -0.493 e. The quantitative estimate of drug-likeness (QED) is 0.484. The van der Waals surface area contributed by atoms with Gasteiger partial charge in [0, 0.05) is 33.2 Å². The Morgan fingerprint density at radius 3 is 2.44 bits per heavy atom. The first-order chi connectivity index (χ1) is 19.3. The van der Waals surface area contributed by atoms with E-state index in [9.17, 15) is 9.90 Å². The summed E-state index contributed by atoms with van der Waals surface area (Å²) in [6.07, 6.45) is 4.39. The molecule has 1 spiro atoms. The largest absolute Gasteiger partial charge is 0.493 e. The number of carbonyl (C=O) groups excluding carboxylic acids is 1. The Hall–Kier alpha value is -2.07. The number of likely N-dealkylation sites (N-methyl/N-ethyl adjacent to an activating group) is 1. The van der Waals surface area contributed by atoms with Crippen LogP contribution >= 0.6 is 0 Å². The van der Waals surface area contributed by atoms with Gasteiger partial charge in [-0.2, -0.15) is 0 Å². The Kier molecular flexibility index (Phi) is 10.1. The molecule has 9 nitrogen and oxygen atoms in total. The summed E-state index contributed by atoms with van der Waals surface area (Å²) in [5.74, 6) is 2.40. The number of benzene rings is 1. The lowest BCUT2D eigenvalue weighted by Gasteiger charge is -2.52. The molecule has 9 heteroatoms. The summed E-state index contributed by atoms with van der Waals surface area (Å²) < 4.78 is 23.7. The third-order valence-corrected chi connectivity index (χ3v) is 9.05. The average molecular weight is 576 g/mol. The second-order valence-electron chi connectivity index (χ2n) is 13.8. The lowest BCUT2D eigenvalue weighted by atomic mass is 9.77. The summed E-state index contributed by atoms with van der Waals surface area (Å²) in [5.41, 5.74) is -0.905. The predicted molar refractivity (Wildman–Crippen MR) is 160 cm³/mol. The molecule has 4 rings (SSSR count). The van der Waals surface area contributed by atoms with Crippen LogP contribution in [0.4, 0.5) is 4.79 Å². The van der Waals surface area contributed by atoms with Gasteiger partial charge in [0.15, 0.2) is 11.5 Å². The van der Waals surface area contributed by atoms with Crippen LogP contribution in [-0.2, 0) is 16.0 Å². The fraction of sp³-hybridized carbons (Fsp3) is 0.781. The van der Waals surface area contributed by atoms with Crippen LogP contribution in [0, 0.1) is 5.92 Å². The fourth-order valence-electron chi connectivity index (χ4n) is 6.27. The number of rotatable bonds is 8. The van der Waals surface area contributed by atoms with Gasteiger partial charge < -0.3 is 29.0 Å². The van der Waals surface area contributed by atoms with Crippen molar-refractivity contribution in [2.75, 3.05) is 60.1 Å². The van der Waals surface area contributed by atoms with Crippen LogP contribution in [-0.4, -0.2) is 109 Å². The SMILES string of the molecule is COc1cc(CN2CCC3(CC2)C[C@H](N(C)C(=O)OC(C)(C)C)[C@@](C)(O)CO3)ccc1OCCN1CCC(C)CC1. The molecule has 41 heavy (non-hydrogen) atoms. The Balaban J connectivity index is 1.29. The number of methoxy groups -OCH3 is 1. The molecule has 1 aromatic carbocycles. The summed E-state index contributed by atoms with van der Waals surface area (Å²) in [6, 6.07) is 5.86. The molecule has 232 valence electrons. The molecular weight excluding hydrogens is 522 g/mol. The van der Waals surface area contributed by atoms with Gasteiger partial charge in [-0.3, -0.25) is 9.80 Å². The van der Waals surface area contributed by atoms with Crippen molar-refractivity contribution in [1.82, 2.24) is 14.7 Å². The van der Waals surface area contributed by atoms with Crippen LogP contribution in [0.25, 0.3) is 0 Å². The third-order valence-electron chi connectivity index (χ3n) is 9.05. The van der Waals surface area contributed by atoms with Crippen molar-refractivity contribution in [2.24, 2.45) is 5.92 Å². The molecule has 2 atom stereocenters. The zero-order valence-corrected chi connectivity index (χ0v) is 26.4. The van der Waals surface area contributed by atoms with Crippen molar-refractivity contribution in [2.45, 2.75) is 96.1 Å². The molecule has 0 aliphatic carbocycles. The Morgan fingerprint density at radius 1 is 1.12 bits per heavy atom. The lowest BCUT2D eigenvalue weighted by molar-refractivity contribution is -0.206. The summed E-state index contributed by atoms with van der Waals surface area (Å²) in [4.78, 5) is 19.3. The summed E-state index contributed by atoms with van der Waals surface area (Å²) >= 11 is 0. The molecule has 0 unspecified atom stereocenters. The van der Waals surface area contributed by atoms with E-state index < -0.39 is 17.3 Å². The van der Waals surface area contributed by atoms with E-state index in [0.29, 0.717) is 13.0 Å². The summed E-state index contributed by atoms with van der Waals surface area (Å²) in [7, 11) is 3.42. The molecule has 3 heterocycles. The predicted octanol–water partition coefficient (Wildman–Crippen LogP) is 4.55. The molecule has 3 fully saturated rings. The number of hydrogen-bond donors (Lipinski definition) is 1. The first kappa shape index (κ1) is 31.9. The zero-order chi connectivity index (χ0) is 29.8. The van der Waals surface area contributed by atoms with Gasteiger partial charge in [0.2, 0.25) is 0 Å². The molecule has 1 N–H and O–H groups in total. The standard InChI is InChI=1S/C32H53N3O6/c1-24-10-14-34(15-11-24)18-19-39-26-9-8-25(20-27(26)38-7)22-35-16-12-32(13-17-35)21-28(31(5,37)23-40-32)33(6)29(36)41-30(2,3)4/h8-9,20,24,28,37H,10-19,21-23H2,1-7H3/t28-,31-/m0/s1. The van der Waals surface area contributed by atoms with Crippen molar-refractivity contribution in [3.05, 3.63) is 23.8 Å². The molecule has 1 amide bonds. The van der Waals surface area contributed by atoms with Crippen LogP contribution < -0.4 is 9.47 Å². The van der Waals surface area contributed by atoms with E-state index in [1.165, 1.54) is 18.4 Å². The number of likely N-dealkylation sites (tertiary alicyclic amines) is 2. The van der Waals surface area contributed by atoms with Crippen molar-refractivity contribution < 1.29 is 28.8 Å². The van der Waals surface area contributed by atoms with Gasteiger partial charge in [0.25, 0.3) is 0 Å². The van der Waals surface area contributed by atoms with Gasteiger partial charge >= 0.3 is 6.09 Å². The van der Waals surface area contributed by atoms with Crippen LogP contribution in [0.1, 0.15) is 72.3 Å². The van der Waals surface area contributed by atoms with Crippen LogP contribution in [0.3, 0.4) is 0 Å². The molecule has 3 saturated heterocycles. The Labute approximate surface area is 247 Å². The van der Waals surface area contributed by atoms with Crippen LogP contribution in [0.2, 0.25) is 0 Å². The highest BCUT2D eigenvalue weighted by molar-refractivity contribution is 5.68. The number of nitrogens with zero attached hydrogens (tertiary/aromatic N) is 3. The highest BCUT2D eigenvalue weighted by Gasteiger charge is 2.51. The maximum atomic E-state index is 12.8. The normalized spacial score (nSPS) is 26.1. The lowest BCUT2D eigenvalue weighted by Crippen LogP contribution is -2.64. The van der Waals surface area contributed by atoms with E-state index in [4.69, 9.17) is 18.9 Å². The van der Waals surface area contributed by atoms with E-state index in [1.807, 2.05) is 26.8 Å². The molecule has 1 aromatic rings. The van der Waals surface area contributed by atoms with E-state index in [0.717, 1.165) is 69.5 Å². The Bertz CT molecular complexity index is 1010. The number of ether oxygens (including phenoxy) is 4. The third kappa shape index (κ3) is 8.49. The van der Waals surface area contributed by atoms with Crippen LogP contribution in [0.5, 0.6) is 11.5 Å². The molecular formula is C32H53N3O6. The van der Waals surface area contributed by atoms with Crippen molar-refractivity contribution >= 4 is 6.09 Å². The highest BCUT2D eigenvalue weighted by atomic mass is 16.6. The second kappa shape index (κ2) is 13.1. The topological polar surface area (TPSA) is 83.9 Å². The molecule has 0 radical (unpaired) electrons. The van der Waals surface area contributed by atoms with E-state index in [-0.39, 0.29) is 18.2 Å². The molecule has 0 bridgehead atoms. The van der Waals surface area contributed by atoms with Crippen molar-refractivity contribution in [1.29, 1.82) is 0 Å². The monoisotopic (exact) mass is 575 g/mol. The van der Waals surface area contributed by atoms with Gasteiger partial charge in [-0.05, 0) is 96.5 Å². The van der Waals surface area contributed by atoms with Gasteiger partial charge in [-0.15, -0.1) is 0 Å². The summed E-state index contributed by atoms with van der Waals surface area (Å²) in [6.45, 7) is 16.3. The van der Waals surface area contributed by atoms with E-state index >= 15 is 0 Å². The number of piperidine rings is 2. The number of amides is 1. The number of carbonyl (C=O) groups is 1. The number of hydrogen-bond acceptors (Lipinski definition) is 8. The van der Waals surface area contributed by atoms with Gasteiger partial charge in [-0.1, -0.05) is 13.0 Å². The van der Waals surface area contributed by atoms with Gasteiger partial charge in [0.05, 0.1) is 25.4 Å². The minimum atomic E-state index is -1.14. The van der Waals surface area contributed by atoms with Crippen molar-refractivity contribution in [3.63, 3.8) is 0 Å². The van der Waals surface area contributed by atoms with Gasteiger partial charge in [0.1, 0.15) is 17.8 Å². The fourth-order valence-corrected chi connectivity index (χ4v) is 6.27. The average Bonchev–Trinajstić information content (AvgIpc) is 2.92.